The summed E-state index contributed by atoms with van der Waals surface area (Å²) < 4.78 is 0.916. The number of benzene rings is 3. The molecule has 0 aliphatic carbocycles. The Kier molecular flexibility index (Phi) is 3.63. The molecule has 0 spiro atoms. The predicted octanol–water partition coefficient (Wildman–Crippen LogP) is 5.50. The van der Waals surface area contributed by atoms with Gasteiger partial charge in [-0.15, -0.1) is 11.3 Å². The highest BCUT2D eigenvalue weighted by Gasteiger charge is 2.19. The van der Waals surface area contributed by atoms with Gasteiger partial charge in [0.05, 0.1) is 0 Å². The summed E-state index contributed by atoms with van der Waals surface area (Å²) in [5.74, 6) is -0.0685. The van der Waals surface area contributed by atoms with Gasteiger partial charge in [0.2, 0.25) is 5.78 Å². The van der Waals surface area contributed by atoms with Crippen LogP contribution < -0.4 is 0 Å². The van der Waals surface area contributed by atoms with Crippen LogP contribution in [0.3, 0.4) is 0 Å². The van der Waals surface area contributed by atoms with E-state index in [9.17, 15) is 9.90 Å². The molecule has 3 aromatic carbocycles. The van der Waals surface area contributed by atoms with Gasteiger partial charge >= 0.3 is 0 Å². The van der Waals surface area contributed by atoms with E-state index in [0.29, 0.717) is 10.4 Å². The first-order valence-corrected chi connectivity index (χ1v) is 8.46. The Morgan fingerprint density at radius 1 is 0.750 bits per heavy atom. The molecule has 2 nitrogen and oxygen atoms in total. The van der Waals surface area contributed by atoms with Crippen molar-refractivity contribution in [2.75, 3.05) is 0 Å². The number of hydrogen-bond donors (Lipinski definition) is 1. The molecule has 116 valence electrons. The number of rotatable bonds is 3. The van der Waals surface area contributed by atoms with Crippen LogP contribution in [0.2, 0.25) is 0 Å². The number of carbonyl (C=O) groups excluding carboxylic acids is 1. The molecule has 0 unspecified atom stereocenters. The smallest absolute Gasteiger partial charge is 0.206 e. The van der Waals surface area contributed by atoms with Crippen LogP contribution in [-0.2, 0) is 0 Å². The van der Waals surface area contributed by atoms with Crippen LogP contribution in [0.25, 0.3) is 21.2 Å². The fraction of sp³-hybridized carbons (Fsp3) is 0. The van der Waals surface area contributed by atoms with Crippen LogP contribution in [0, 0.1) is 0 Å². The van der Waals surface area contributed by atoms with Crippen LogP contribution in [-0.4, -0.2) is 10.9 Å². The average molecular weight is 330 g/mol. The maximum absolute atomic E-state index is 12.7. The zero-order valence-electron chi connectivity index (χ0n) is 12.8. The van der Waals surface area contributed by atoms with E-state index in [2.05, 4.69) is 0 Å². The van der Waals surface area contributed by atoms with Crippen molar-refractivity contribution in [3.05, 3.63) is 89.3 Å². The van der Waals surface area contributed by atoms with Crippen molar-refractivity contribution in [1.82, 2.24) is 0 Å². The normalized spacial score (nSPS) is 10.8. The first-order chi connectivity index (χ1) is 11.7. The van der Waals surface area contributed by atoms with Crippen molar-refractivity contribution in [2.24, 2.45) is 0 Å². The van der Waals surface area contributed by atoms with Crippen LogP contribution in [0.4, 0.5) is 0 Å². The Balaban J connectivity index is 1.70. The molecule has 0 aliphatic rings. The van der Waals surface area contributed by atoms with Gasteiger partial charge in [-0.2, -0.15) is 0 Å². The summed E-state index contributed by atoms with van der Waals surface area (Å²) in [5, 5.41) is 11.1. The molecule has 1 N–H and O–H groups in total. The molecule has 0 bridgehead atoms. The summed E-state index contributed by atoms with van der Waals surface area (Å²) in [6.07, 6.45) is 0. The molecule has 0 atom stereocenters. The lowest BCUT2D eigenvalue weighted by Crippen LogP contribution is -1.98. The molecule has 4 rings (SSSR count). The molecular weight excluding hydrogens is 316 g/mol. The topological polar surface area (TPSA) is 37.3 Å². The highest BCUT2D eigenvalue weighted by atomic mass is 32.1. The van der Waals surface area contributed by atoms with Crippen LogP contribution in [0.5, 0.6) is 5.75 Å². The molecule has 0 saturated carbocycles. The first kappa shape index (κ1) is 14.7. The third-order valence-electron chi connectivity index (χ3n) is 4.03. The van der Waals surface area contributed by atoms with Crippen molar-refractivity contribution in [3.8, 4) is 16.9 Å². The predicted molar refractivity (Wildman–Crippen MR) is 98.8 cm³/mol. The average Bonchev–Trinajstić information content (AvgIpc) is 2.99. The second-order valence-electron chi connectivity index (χ2n) is 5.55. The lowest BCUT2D eigenvalue weighted by molar-refractivity contribution is 0.104. The van der Waals surface area contributed by atoms with Gasteiger partial charge in [0, 0.05) is 15.6 Å². The third kappa shape index (κ3) is 2.49. The molecule has 0 aliphatic heterocycles. The van der Waals surface area contributed by atoms with Gasteiger partial charge in [0.15, 0.2) is 0 Å². The minimum atomic E-state index is -0.145. The van der Waals surface area contributed by atoms with Gasteiger partial charge in [-0.25, -0.2) is 0 Å². The van der Waals surface area contributed by atoms with E-state index in [1.54, 1.807) is 0 Å². The Labute approximate surface area is 143 Å². The zero-order chi connectivity index (χ0) is 16.5. The lowest BCUT2D eigenvalue weighted by Gasteiger charge is -2.03. The number of aromatic hydroxyl groups is 1. The molecule has 0 saturated heterocycles. The largest absolute Gasteiger partial charge is 0.506 e. The summed E-state index contributed by atoms with van der Waals surface area (Å²) in [7, 11) is 0. The fourth-order valence-electron chi connectivity index (χ4n) is 2.76. The molecule has 0 fully saturated rings. The summed E-state index contributed by atoms with van der Waals surface area (Å²) in [4.78, 5) is 13.1. The quantitative estimate of drug-likeness (QED) is 0.503. The summed E-state index contributed by atoms with van der Waals surface area (Å²) >= 11 is 1.33. The van der Waals surface area contributed by atoms with E-state index in [4.69, 9.17) is 0 Å². The third-order valence-corrected chi connectivity index (χ3v) is 5.19. The number of hydrogen-bond acceptors (Lipinski definition) is 3. The van der Waals surface area contributed by atoms with Crippen LogP contribution >= 0.6 is 11.3 Å². The van der Waals surface area contributed by atoms with Gasteiger partial charge < -0.3 is 5.11 Å². The number of ketones is 1. The SMILES string of the molecule is O=C(c1ccc(-c2ccccc2)cc1)c1sc2ccccc2c1O. The Hall–Kier alpha value is -2.91. The maximum atomic E-state index is 12.7. The minimum absolute atomic E-state index is 0.0766. The highest BCUT2D eigenvalue weighted by molar-refractivity contribution is 7.21. The van der Waals surface area contributed by atoms with Gasteiger partial charge in [-0.05, 0) is 23.3 Å². The second-order valence-corrected chi connectivity index (χ2v) is 6.60. The lowest BCUT2D eigenvalue weighted by atomic mass is 10.0. The van der Waals surface area contributed by atoms with E-state index in [0.717, 1.165) is 21.2 Å². The monoisotopic (exact) mass is 330 g/mol. The second kappa shape index (κ2) is 5.95. The molecule has 24 heavy (non-hydrogen) atoms. The van der Waals surface area contributed by atoms with Gasteiger partial charge in [-0.1, -0.05) is 66.7 Å². The molecule has 1 heterocycles. The number of thiophene rings is 1. The van der Waals surface area contributed by atoms with Crippen molar-refractivity contribution >= 4 is 27.2 Å². The molecular formula is C21H14O2S. The maximum Gasteiger partial charge on any atom is 0.206 e. The number of carbonyl (C=O) groups is 1. The Morgan fingerprint density at radius 2 is 1.38 bits per heavy atom. The van der Waals surface area contributed by atoms with Crippen molar-refractivity contribution in [3.63, 3.8) is 0 Å². The van der Waals surface area contributed by atoms with E-state index >= 15 is 0 Å². The summed E-state index contributed by atoms with van der Waals surface area (Å²) in [6.45, 7) is 0. The van der Waals surface area contributed by atoms with E-state index < -0.39 is 0 Å². The fourth-order valence-corrected chi connectivity index (χ4v) is 3.82. The Bertz CT molecular complexity index is 1010. The van der Waals surface area contributed by atoms with Crippen molar-refractivity contribution in [1.29, 1.82) is 0 Å². The minimum Gasteiger partial charge on any atom is -0.506 e. The summed E-state index contributed by atoms with van der Waals surface area (Å²) in [5.41, 5.74) is 2.76. The van der Waals surface area contributed by atoms with Gasteiger partial charge in [0.1, 0.15) is 10.6 Å². The number of fused-ring (bicyclic) bond motifs is 1. The first-order valence-electron chi connectivity index (χ1n) is 7.65. The standard InChI is InChI=1S/C21H14O2S/c22-19(21-20(23)17-8-4-5-9-18(17)24-21)16-12-10-15(11-13-16)14-6-2-1-3-7-14/h1-13,23H. The molecule has 0 amide bonds. The zero-order valence-corrected chi connectivity index (χ0v) is 13.6. The highest BCUT2D eigenvalue weighted by Crippen LogP contribution is 2.38. The summed E-state index contributed by atoms with van der Waals surface area (Å²) in [6, 6.07) is 25.0. The van der Waals surface area contributed by atoms with Crippen molar-refractivity contribution < 1.29 is 9.90 Å². The molecule has 0 radical (unpaired) electrons. The molecule has 1 aromatic heterocycles. The van der Waals surface area contributed by atoms with Crippen LogP contribution in [0.15, 0.2) is 78.9 Å². The van der Waals surface area contributed by atoms with Gasteiger partial charge in [-0.3, -0.25) is 4.79 Å². The molecule has 4 aromatic rings. The Morgan fingerprint density at radius 3 is 2.08 bits per heavy atom. The molecule has 3 heteroatoms. The van der Waals surface area contributed by atoms with Crippen LogP contribution in [0.1, 0.15) is 15.2 Å². The van der Waals surface area contributed by atoms with E-state index in [1.807, 2.05) is 78.9 Å². The van der Waals surface area contributed by atoms with Gasteiger partial charge in [0.25, 0.3) is 0 Å². The van der Waals surface area contributed by atoms with E-state index in [1.165, 1.54) is 11.3 Å². The van der Waals surface area contributed by atoms with Crippen molar-refractivity contribution in [2.45, 2.75) is 0 Å². The van der Waals surface area contributed by atoms with E-state index in [-0.39, 0.29) is 11.5 Å².